The monoisotopic (exact) mass is 328 g/mol. The number of rotatable bonds is 2. The van der Waals surface area contributed by atoms with Crippen LogP contribution in [0.15, 0.2) is 42.5 Å². The number of carbonyl (C=O) groups excluding carboxylic acids is 1. The fourth-order valence-corrected chi connectivity index (χ4v) is 2.77. The topological polar surface area (TPSA) is 82.2 Å². The van der Waals surface area contributed by atoms with Crippen LogP contribution in [0.4, 0.5) is 5.69 Å². The Labute approximate surface area is 139 Å². The van der Waals surface area contributed by atoms with Gasteiger partial charge in [0.25, 0.3) is 5.91 Å². The van der Waals surface area contributed by atoms with E-state index in [2.05, 4.69) is 5.32 Å². The van der Waals surface area contributed by atoms with Crippen molar-refractivity contribution in [2.45, 2.75) is 13.0 Å². The van der Waals surface area contributed by atoms with Crippen LogP contribution >= 0.6 is 11.6 Å². The maximum atomic E-state index is 12.2. The van der Waals surface area contributed by atoms with Gasteiger partial charge in [0.05, 0.1) is 0 Å². The molecule has 2 aromatic rings. The first-order valence-corrected chi connectivity index (χ1v) is 7.68. The molecule has 0 bridgehead atoms. The quantitative estimate of drug-likeness (QED) is 0.585. The van der Waals surface area contributed by atoms with Crippen molar-refractivity contribution in [2.75, 3.05) is 11.9 Å². The van der Waals surface area contributed by atoms with Crippen LogP contribution in [-0.2, 0) is 13.0 Å². The van der Waals surface area contributed by atoms with Crippen molar-refractivity contribution in [3.63, 3.8) is 0 Å². The molecule has 1 aliphatic rings. The highest BCUT2D eigenvalue weighted by Gasteiger charge is 2.17. The van der Waals surface area contributed by atoms with Gasteiger partial charge in [0.1, 0.15) is 0 Å². The second kappa shape index (κ2) is 6.30. The minimum atomic E-state index is -0.164. The number of guanidine groups is 1. The standard InChI is InChI=1S/C17H17ClN4O/c18-14-4-1-11(2-5-14)16(23)21-15-6-3-13-10-22(17(19)20)8-7-12(13)9-15/h1-6,9H,7-8,10H2,(H3,19,20)(H,21,23). The molecule has 6 heteroatoms. The predicted octanol–water partition coefficient (Wildman–Crippen LogP) is 2.84. The molecule has 0 aliphatic carbocycles. The lowest BCUT2D eigenvalue weighted by Crippen LogP contribution is -2.40. The number of nitrogens with one attached hydrogen (secondary N) is 2. The van der Waals surface area contributed by atoms with E-state index in [0.717, 1.165) is 24.2 Å². The van der Waals surface area contributed by atoms with Crippen molar-refractivity contribution in [3.05, 3.63) is 64.2 Å². The van der Waals surface area contributed by atoms with Crippen LogP contribution in [0.3, 0.4) is 0 Å². The molecular formula is C17H17ClN4O. The van der Waals surface area contributed by atoms with Crippen molar-refractivity contribution in [1.82, 2.24) is 4.90 Å². The number of hydrogen-bond donors (Lipinski definition) is 3. The molecule has 1 heterocycles. The van der Waals surface area contributed by atoms with Gasteiger partial charge in [-0.25, -0.2) is 0 Å². The lowest BCUT2D eigenvalue weighted by atomic mass is 9.99. The minimum Gasteiger partial charge on any atom is -0.370 e. The molecule has 0 radical (unpaired) electrons. The summed E-state index contributed by atoms with van der Waals surface area (Å²) in [5.41, 5.74) is 9.18. The van der Waals surface area contributed by atoms with Crippen LogP contribution in [-0.4, -0.2) is 23.3 Å². The molecule has 118 valence electrons. The van der Waals surface area contributed by atoms with Crippen LogP contribution in [0, 0.1) is 5.41 Å². The molecule has 5 nitrogen and oxygen atoms in total. The molecule has 0 saturated carbocycles. The predicted molar refractivity (Wildman–Crippen MR) is 91.9 cm³/mol. The SMILES string of the molecule is N=C(N)N1CCc2cc(NC(=O)c3ccc(Cl)cc3)ccc2C1. The molecule has 0 aromatic heterocycles. The second-order valence-electron chi connectivity index (χ2n) is 5.50. The molecule has 1 amide bonds. The first-order chi connectivity index (χ1) is 11.0. The van der Waals surface area contributed by atoms with Crippen LogP contribution in [0.5, 0.6) is 0 Å². The third-order valence-corrected chi connectivity index (χ3v) is 4.18. The zero-order valence-corrected chi connectivity index (χ0v) is 13.2. The first-order valence-electron chi connectivity index (χ1n) is 7.30. The molecule has 3 rings (SSSR count). The average molecular weight is 329 g/mol. The number of nitrogens with zero attached hydrogens (tertiary/aromatic N) is 1. The van der Waals surface area contributed by atoms with Gasteiger partial charge in [0.2, 0.25) is 0 Å². The summed E-state index contributed by atoms with van der Waals surface area (Å²) in [5, 5.41) is 11.0. The van der Waals surface area contributed by atoms with E-state index < -0.39 is 0 Å². The molecule has 0 unspecified atom stereocenters. The Bertz CT molecular complexity index is 758. The summed E-state index contributed by atoms with van der Waals surface area (Å²) in [5.74, 6) is -0.0708. The van der Waals surface area contributed by atoms with Crippen molar-refractivity contribution in [2.24, 2.45) is 5.73 Å². The number of carbonyl (C=O) groups is 1. The number of anilines is 1. The number of halogens is 1. The molecule has 4 N–H and O–H groups in total. The minimum absolute atomic E-state index is 0.0933. The van der Waals surface area contributed by atoms with Crippen molar-refractivity contribution in [1.29, 1.82) is 5.41 Å². The second-order valence-corrected chi connectivity index (χ2v) is 5.94. The number of amides is 1. The zero-order chi connectivity index (χ0) is 16.4. The van der Waals surface area contributed by atoms with Crippen molar-refractivity contribution in [3.8, 4) is 0 Å². The molecule has 0 atom stereocenters. The molecule has 0 spiro atoms. The highest BCUT2D eigenvalue weighted by molar-refractivity contribution is 6.30. The largest absolute Gasteiger partial charge is 0.370 e. The Morgan fingerprint density at radius 1 is 1.17 bits per heavy atom. The van der Waals surface area contributed by atoms with E-state index in [1.165, 1.54) is 5.56 Å². The van der Waals surface area contributed by atoms with E-state index in [9.17, 15) is 4.79 Å². The van der Waals surface area contributed by atoms with Crippen LogP contribution in [0.2, 0.25) is 5.02 Å². The molecule has 1 aliphatic heterocycles. The van der Waals surface area contributed by atoms with E-state index in [4.69, 9.17) is 22.7 Å². The van der Waals surface area contributed by atoms with Gasteiger partial charge < -0.3 is 16.0 Å². The summed E-state index contributed by atoms with van der Waals surface area (Å²) in [7, 11) is 0. The van der Waals surface area contributed by atoms with Gasteiger partial charge in [-0.3, -0.25) is 10.2 Å². The molecule has 0 fully saturated rings. The average Bonchev–Trinajstić information content (AvgIpc) is 2.54. The lowest BCUT2D eigenvalue weighted by molar-refractivity contribution is 0.102. The number of fused-ring (bicyclic) bond motifs is 1. The van der Waals surface area contributed by atoms with Gasteiger partial charge in [-0.05, 0) is 53.9 Å². The Morgan fingerprint density at radius 3 is 2.61 bits per heavy atom. The molecule has 23 heavy (non-hydrogen) atoms. The maximum Gasteiger partial charge on any atom is 0.255 e. The van der Waals surface area contributed by atoms with E-state index in [1.807, 2.05) is 23.1 Å². The summed E-state index contributed by atoms with van der Waals surface area (Å²) in [4.78, 5) is 14.1. The van der Waals surface area contributed by atoms with E-state index in [-0.39, 0.29) is 11.9 Å². The Hall–Kier alpha value is -2.53. The lowest BCUT2D eigenvalue weighted by Gasteiger charge is -2.29. The fourth-order valence-electron chi connectivity index (χ4n) is 2.64. The van der Waals surface area contributed by atoms with Gasteiger partial charge in [0.15, 0.2) is 5.96 Å². The molecule has 2 aromatic carbocycles. The van der Waals surface area contributed by atoms with E-state index >= 15 is 0 Å². The summed E-state index contributed by atoms with van der Waals surface area (Å²) in [6.07, 6.45) is 0.805. The number of hydrogen-bond acceptors (Lipinski definition) is 2. The van der Waals surface area contributed by atoms with Gasteiger partial charge >= 0.3 is 0 Å². The summed E-state index contributed by atoms with van der Waals surface area (Å²) < 4.78 is 0. The van der Waals surface area contributed by atoms with E-state index in [1.54, 1.807) is 24.3 Å². The smallest absolute Gasteiger partial charge is 0.255 e. The van der Waals surface area contributed by atoms with Gasteiger partial charge in [-0.15, -0.1) is 0 Å². The summed E-state index contributed by atoms with van der Waals surface area (Å²) in [6, 6.07) is 12.6. The maximum absolute atomic E-state index is 12.2. The van der Waals surface area contributed by atoms with Crippen LogP contribution in [0.1, 0.15) is 21.5 Å². The fraction of sp³-hybridized carbons (Fsp3) is 0.176. The Balaban J connectivity index is 1.74. The third-order valence-electron chi connectivity index (χ3n) is 3.92. The molecule has 0 saturated heterocycles. The first kappa shape index (κ1) is 15.4. The Kier molecular flexibility index (Phi) is 4.21. The Morgan fingerprint density at radius 2 is 1.91 bits per heavy atom. The van der Waals surface area contributed by atoms with Crippen molar-refractivity contribution < 1.29 is 4.79 Å². The number of benzene rings is 2. The van der Waals surface area contributed by atoms with Crippen LogP contribution in [0.25, 0.3) is 0 Å². The summed E-state index contributed by atoms with van der Waals surface area (Å²) >= 11 is 5.83. The molecular weight excluding hydrogens is 312 g/mol. The van der Waals surface area contributed by atoms with Gasteiger partial charge in [-0.1, -0.05) is 17.7 Å². The highest BCUT2D eigenvalue weighted by Crippen LogP contribution is 2.23. The highest BCUT2D eigenvalue weighted by atomic mass is 35.5. The van der Waals surface area contributed by atoms with E-state index in [0.29, 0.717) is 17.1 Å². The van der Waals surface area contributed by atoms with Gasteiger partial charge in [0, 0.05) is 29.4 Å². The number of nitrogens with two attached hydrogens (primary N) is 1. The van der Waals surface area contributed by atoms with Crippen molar-refractivity contribution >= 4 is 29.2 Å². The normalized spacial score (nSPS) is 13.3. The van der Waals surface area contributed by atoms with Gasteiger partial charge in [-0.2, -0.15) is 0 Å². The third kappa shape index (κ3) is 3.46. The zero-order valence-electron chi connectivity index (χ0n) is 12.5. The van der Waals surface area contributed by atoms with Crippen LogP contribution < -0.4 is 11.1 Å². The summed E-state index contributed by atoms with van der Waals surface area (Å²) in [6.45, 7) is 1.35.